The van der Waals surface area contributed by atoms with Gasteiger partial charge in [-0.1, -0.05) is 43.7 Å². The number of amides is 2. The number of carbonyl (C=O) groups is 2. The van der Waals surface area contributed by atoms with Crippen molar-refractivity contribution in [2.75, 3.05) is 20.1 Å². The second-order valence-electron chi connectivity index (χ2n) is 6.51. The molecule has 1 aliphatic carbocycles. The second-order valence-corrected chi connectivity index (χ2v) is 6.51. The Morgan fingerprint density at radius 2 is 1.87 bits per heavy atom. The molecule has 2 amide bonds. The molecule has 1 fully saturated rings. The predicted octanol–water partition coefficient (Wildman–Crippen LogP) is 2.77. The van der Waals surface area contributed by atoms with Gasteiger partial charge in [0.25, 0.3) is 0 Å². The van der Waals surface area contributed by atoms with E-state index in [0.717, 1.165) is 32.2 Å². The van der Waals surface area contributed by atoms with E-state index in [1.165, 1.54) is 5.56 Å². The number of hydrogen-bond donors (Lipinski definition) is 1. The van der Waals surface area contributed by atoms with Gasteiger partial charge in [0, 0.05) is 20.1 Å². The lowest BCUT2D eigenvalue weighted by Gasteiger charge is -2.23. The summed E-state index contributed by atoms with van der Waals surface area (Å²) < 4.78 is 0. The van der Waals surface area contributed by atoms with Crippen LogP contribution in [0.15, 0.2) is 30.3 Å². The van der Waals surface area contributed by atoms with Gasteiger partial charge >= 0.3 is 0 Å². The van der Waals surface area contributed by atoms with Crippen LogP contribution in [0, 0.1) is 5.41 Å². The number of nitrogens with zero attached hydrogens (tertiary/aromatic N) is 1. The van der Waals surface area contributed by atoms with Crippen molar-refractivity contribution >= 4 is 11.8 Å². The molecule has 4 nitrogen and oxygen atoms in total. The summed E-state index contributed by atoms with van der Waals surface area (Å²) in [5.41, 5.74) is 0.508. The fourth-order valence-corrected chi connectivity index (χ4v) is 2.83. The number of unbranched alkanes of at least 4 members (excludes halogenated alkanes) is 1. The standard InChI is InChI=1S/C19H28N2O2/c1-3-4-15-21(2)18(23)19(12-13-19)17(22)20-14-8-11-16-9-6-5-7-10-16/h5-7,9-10H,3-4,8,11-15H2,1-2H3,(H,20,22). The van der Waals surface area contributed by atoms with E-state index in [1.54, 1.807) is 11.9 Å². The van der Waals surface area contributed by atoms with Crippen LogP contribution in [0.2, 0.25) is 0 Å². The average molecular weight is 316 g/mol. The van der Waals surface area contributed by atoms with Crippen LogP contribution in [0.25, 0.3) is 0 Å². The van der Waals surface area contributed by atoms with Crippen LogP contribution in [0.4, 0.5) is 0 Å². The van der Waals surface area contributed by atoms with E-state index in [9.17, 15) is 9.59 Å². The van der Waals surface area contributed by atoms with E-state index >= 15 is 0 Å². The third-order valence-electron chi connectivity index (χ3n) is 4.56. The van der Waals surface area contributed by atoms with Crippen molar-refractivity contribution in [3.8, 4) is 0 Å². The van der Waals surface area contributed by atoms with E-state index in [2.05, 4.69) is 24.4 Å². The maximum Gasteiger partial charge on any atom is 0.238 e. The lowest BCUT2D eigenvalue weighted by Crippen LogP contribution is -2.44. The molecule has 0 aromatic heterocycles. The Morgan fingerprint density at radius 1 is 1.17 bits per heavy atom. The van der Waals surface area contributed by atoms with Crippen molar-refractivity contribution in [3.63, 3.8) is 0 Å². The molecule has 1 aromatic rings. The SMILES string of the molecule is CCCCN(C)C(=O)C1(C(=O)NCCCc2ccccc2)CC1. The largest absolute Gasteiger partial charge is 0.355 e. The van der Waals surface area contributed by atoms with Crippen molar-refractivity contribution in [2.24, 2.45) is 5.41 Å². The molecule has 0 aliphatic heterocycles. The van der Waals surface area contributed by atoms with Gasteiger partial charge < -0.3 is 10.2 Å². The van der Waals surface area contributed by atoms with Gasteiger partial charge in [0.2, 0.25) is 11.8 Å². The topological polar surface area (TPSA) is 49.4 Å². The minimum absolute atomic E-state index is 0.00786. The Morgan fingerprint density at radius 3 is 2.48 bits per heavy atom. The van der Waals surface area contributed by atoms with Crippen LogP contribution in [0.3, 0.4) is 0 Å². The van der Waals surface area contributed by atoms with Gasteiger partial charge in [-0.3, -0.25) is 9.59 Å². The van der Waals surface area contributed by atoms with E-state index < -0.39 is 5.41 Å². The first kappa shape index (κ1) is 17.5. The Labute approximate surface area is 139 Å². The molecule has 0 spiro atoms. The molecule has 2 rings (SSSR count). The lowest BCUT2D eigenvalue weighted by atomic mass is 10.0. The van der Waals surface area contributed by atoms with Crippen LogP contribution in [-0.4, -0.2) is 36.9 Å². The summed E-state index contributed by atoms with van der Waals surface area (Å²) in [6.07, 6.45) is 5.25. The number of aryl methyl sites for hydroxylation is 1. The molecule has 0 bridgehead atoms. The molecule has 4 heteroatoms. The fraction of sp³-hybridized carbons (Fsp3) is 0.579. The maximum atomic E-state index is 12.5. The molecule has 0 atom stereocenters. The van der Waals surface area contributed by atoms with Gasteiger partial charge in [0.1, 0.15) is 5.41 Å². The molecule has 23 heavy (non-hydrogen) atoms. The zero-order chi connectivity index (χ0) is 16.7. The summed E-state index contributed by atoms with van der Waals surface area (Å²) in [7, 11) is 1.81. The smallest absolute Gasteiger partial charge is 0.238 e. The first-order valence-corrected chi connectivity index (χ1v) is 8.68. The number of nitrogens with one attached hydrogen (secondary N) is 1. The van der Waals surface area contributed by atoms with E-state index in [1.807, 2.05) is 18.2 Å². The molecule has 1 aromatic carbocycles. The predicted molar refractivity (Wildman–Crippen MR) is 92.0 cm³/mol. The van der Waals surface area contributed by atoms with Gasteiger partial charge in [-0.15, -0.1) is 0 Å². The van der Waals surface area contributed by atoms with Crippen LogP contribution in [-0.2, 0) is 16.0 Å². The van der Waals surface area contributed by atoms with Crippen molar-refractivity contribution < 1.29 is 9.59 Å². The highest BCUT2D eigenvalue weighted by Gasteiger charge is 2.57. The molecule has 0 unspecified atom stereocenters. The normalized spacial score (nSPS) is 15.0. The van der Waals surface area contributed by atoms with Crippen LogP contribution in [0.1, 0.15) is 44.6 Å². The summed E-state index contributed by atoms with van der Waals surface area (Å²) in [6, 6.07) is 10.2. The third kappa shape index (κ3) is 4.57. The van der Waals surface area contributed by atoms with Gasteiger partial charge in [-0.05, 0) is 37.7 Å². The summed E-state index contributed by atoms with van der Waals surface area (Å²) in [6.45, 7) is 3.46. The minimum Gasteiger partial charge on any atom is -0.355 e. The van der Waals surface area contributed by atoms with Crippen molar-refractivity contribution in [1.29, 1.82) is 0 Å². The average Bonchev–Trinajstić information content (AvgIpc) is 3.38. The van der Waals surface area contributed by atoms with E-state index in [-0.39, 0.29) is 11.8 Å². The van der Waals surface area contributed by atoms with Gasteiger partial charge in [0.15, 0.2) is 0 Å². The summed E-state index contributed by atoms with van der Waals surface area (Å²) in [5, 5.41) is 2.96. The molecular formula is C19H28N2O2. The molecule has 1 N–H and O–H groups in total. The molecule has 126 valence electrons. The quantitative estimate of drug-likeness (QED) is 0.562. The summed E-state index contributed by atoms with van der Waals surface area (Å²) >= 11 is 0. The Kier molecular flexibility index (Phi) is 6.20. The lowest BCUT2D eigenvalue weighted by molar-refractivity contribution is -0.143. The molecule has 1 aliphatic rings. The second kappa shape index (κ2) is 8.14. The number of hydrogen-bond acceptors (Lipinski definition) is 2. The molecule has 1 saturated carbocycles. The Balaban J connectivity index is 1.75. The van der Waals surface area contributed by atoms with Crippen molar-refractivity contribution in [3.05, 3.63) is 35.9 Å². The van der Waals surface area contributed by atoms with E-state index in [0.29, 0.717) is 19.4 Å². The summed E-state index contributed by atoms with van der Waals surface area (Å²) in [5.74, 6) is -0.0922. The minimum atomic E-state index is -0.769. The Hall–Kier alpha value is -1.84. The van der Waals surface area contributed by atoms with Crippen LogP contribution < -0.4 is 5.32 Å². The monoisotopic (exact) mass is 316 g/mol. The Bertz CT molecular complexity index is 523. The molecule has 0 saturated heterocycles. The highest BCUT2D eigenvalue weighted by Crippen LogP contribution is 2.47. The number of rotatable bonds is 9. The molecular weight excluding hydrogens is 288 g/mol. The first-order chi connectivity index (χ1) is 11.1. The van der Waals surface area contributed by atoms with Crippen molar-refractivity contribution in [1.82, 2.24) is 10.2 Å². The van der Waals surface area contributed by atoms with Gasteiger partial charge in [-0.25, -0.2) is 0 Å². The fourth-order valence-electron chi connectivity index (χ4n) is 2.83. The number of benzene rings is 1. The zero-order valence-corrected chi connectivity index (χ0v) is 14.3. The number of carbonyl (C=O) groups excluding carboxylic acids is 2. The van der Waals surface area contributed by atoms with Gasteiger partial charge in [0.05, 0.1) is 0 Å². The maximum absolute atomic E-state index is 12.5. The zero-order valence-electron chi connectivity index (χ0n) is 14.3. The van der Waals surface area contributed by atoms with Crippen LogP contribution >= 0.6 is 0 Å². The van der Waals surface area contributed by atoms with Crippen molar-refractivity contribution in [2.45, 2.75) is 45.4 Å². The highest BCUT2D eigenvalue weighted by atomic mass is 16.2. The first-order valence-electron chi connectivity index (χ1n) is 8.68. The third-order valence-corrected chi connectivity index (χ3v) is 4.56. The van der Waals surface area contributed by atoms with Gasteiger partial charge in [-0.2, -0.15) is 0 Å². The molecule has 0 radical (unpaired) electrons. The summed E-state index contributed by atoms with van der Waals surface area (Å²) in [4.78, 5) is 26.6. The van der Waals surface area contributed by atoms with Crippen LogP contribution in [0.5, 0.6) is 0 Å². The molecule has 0 heterocycles. The van der Waals surface area contributed by atoms with E-state index in [4.69, 9.17) is 0 Å². The highest BCUT2D eigenvalue weighted by molar-refractivity contribution is 6.07.